The lowest BCUT2D eigenvalue weighted by atomic mass is 9.46. The second-order valence-corrected chi connectivity index (χ2v) is 11.8. The maximum atomic E-state index is 11.7. The van der Waals surface area contributed by atoms with Gasteiger partial charge in [-0.25, -0.2) is 0 Å². The van der Waals surface area contributed by atoms with Crippen molar-refractivity contribution in [3.8, 4) is 0 Å². The van der Waals surface area contributed by atoms with Gasteiger partial charge in [0, 0.05) is 6.42 Å². The van der Waals surface area contributed by atoms with Gasteiger partial charge < -0.3 is 9.84 Å². The SMILES string of the molecule is COC(=O)CC[C@@H](C)[C@H]1CC[C@H]2[C@@H]3CC=C4C[C@@](C)(O)CC[C@]4(C)[C@H]3CC[C@]12C. The Hall–Kier alpha value is -0.830. The fraction of sp³-hybridized carbons (Fsp3) is 0.885. The molecule has 0 aromatic rings. The van der Waals surface area contributed by atoms with Crippen molar-refractivity contribution in [3.05, 3.63) is 11.6 Å². The summed E-state index contributed by atoms with van der Waals surface area (Å²) in [6, 6.07) is 0. The summed E-state index contributed by atoms with van der Waals surface area (Å²) in [5.74, 6) is 3.69. The summed E-state index contributed by atoms with van der Waals surface area (Å²) in [5.41, 5.74) is 1.79. The zero-order valence-corrected chi connectivity index (χ0v) is 19.3. The van der Waals surface area contributed by atoms with Gasteiger partial charge >= 0.3 is 5.97 Å². The lowest BCUT2D eigenvalue weighted by Crippen LogP contribution is -2.52. The second-order valence-electron chi connectivity index (χ2n) is 11.8. The van der Waals surface area contributed by atoms with E-state index in [1.165, 1.54) is 39.2 Å². The van der Waals surface area contributed by atoms with Gasteiger partial charge in [-0.2, -0.15) is 0 Å². The topological polar surface area (TPSA) is 46.5 Å². The number of carbonyl (C=O) groups excluding carboxylic acids is 1. The van der Waals surface area contributed by atoms with E-state index >= 15 is 0 Å². The number of methoxy groups -OCH3 is 1. The lowest BCUT2D eigenvalue weighted by Gasteiger charge is -2.59. The van der Waals surface area contributed by atoms with Crippen molar-refractivity contribution in [2.24, 2.45) is 40.4 Å². The second kappa shape index (κ2) is 7.39. The molecule has 0 aromatic heterocycles. The van der Waals surface area contributed by atoms with Crippen molar-refractivity contribution >= 4 is 5.97 Å². The Bertz CT molecular complexity index is 679. The first-order chi connectivity index (χ1) is 13.6. The predicted molar refractivity (Wildman–Crippen MR) is 116 cm³/mol. The fourth-order valence-electron chi connectivity index (χ4n) is 8.43. The molecule has 3 heteroatoms. The Morgan fingerprint density at radius 2 is 1.93 bits per heavy atom. The van der Waals surface area contributed by atoms with Crippen molar-refractivity contribution < 1.29 is 14.6 Å². The quantitative estimate of drug-likeness (QED) is 0.470. The minimum Gasteiger partial charge on any atom is -0.469 e. The summed E-state index contributed by atoms with van der Waals surface area (Å²) >= 11 is 0. The summed E-state index contributed by atoms with van der Waals surface area (Å²) < 4.78 is 4.88. The van der Waals surface area contributed by atoms with Gasteiger partial charge in [0.2, 0.25) is 0 Å². The fourth-order valence-corrected chi connectivity index (χ4v) is 8.43. The minimum atomic E-state index is -0.505. The van der Waals surface area contributed by atoms with Crippen LogP contribution in [-0.2, 0) is 9.53 Å². The molecular weight excluding hydrogens is 360 g/mol. The highest BCUT2D eigenvalue weighted by Crippen LogP contribution is 2.67. The van der Waals surface area contributed by atoms with Crippen molar-refractivity contribution in [2.45, 2.75) is 97.5 Å². The zero-order chi connectivity index (χ0) is 21.0. The van der Waals surface area contributed by atoms with E-state index in [0.717, 1.165) is 49.4 Å². The van der Waals surface area contributed by atoms with Crippen LogP contribution in [0.15, 0.2) is 11.6 Å². The molecule has 29 heavy (non-hydrogen) atoms. The zero-order valence-electron chi connectivity index (χ0n) is 19.3. The van der Waals surface area contributed by atoms with Crippen LogP contribution in [0.5, 0.6) is 0 Å². The van der Waals surface area contributed by atoms with E-state index in [4.69, 9.17) is 4.74 Å². The first-order valence-corrected chi connectivity index (χ1v) is 12.1. The third-order valence-electron chi connectivity index (χ3n) is 10.2. The van der Waals surface area contributed by atoms with Gasteiger partial charge in [0.25, 0.3) is 0 Å². The Morgan fingerprint density at radius 1 is 1.17 bits per heavy atom. The van der Waals surface area contributed by atoms with Crippen LogP contribution in [0.1, 0.15) is 91.9 Å². The van der Waals surface area contributed by atoms with E-state index < -0.39 is 5.60 Å². The van der Waals surface area contributed by atoms with E-state index in [0.29, 0.717) is 23.2 Å². The Labute approximate surface area is 177 Å². The molecule has 3 fully saturated rings. The third kappa shape index (κ3) is 3.50. The number of rotatable bonds is 4. The molecule has 0 spiro atoms. The molecule has 0 aromatic carbocycles. The van der Waals surface area contributed by atoms with Crippen molar-refractivity contribution in [1.29, 1.82) is 0 Å². The first kappa shape index (κ1) is 21.4. The maximum absolute atomic E-state index is 11.7. The van der Waals surface area contributed by atoms with E-state index in [1.807, 2.05) is 6.92 Å². The monoisotopic (exact) mass is 402 g/mol. The highest BCUT2D eigenvalue weighted by atomic mass is 16.5. The molecule has 3 saturated carbocycles. The van der Waals surface area contributed by atoms with Gasteiger partial charge in [0.05, 0.1) is 12.7 Å². The Kier molecular flexibility index (Phi) is 5.46. The van der Waals surface area contributed by atoms with Crippen molar-refractivity contribution in [1.82, 2.24) is 0 Å². The van der Waals surface area contributed by atoms with Crippen LogP contribution in [0.2, 0.25) is 0 Å². The molecule has 4 aliphatic rings. The standard InChI is InChI=1S/C26H42O3/c1-17(6-11-23(27)29-5)20-9-10-21-19-8-7-18-16-24(2,28)14-15-25(18,3)22(19)12-13-26(20,21)4/h7,17,19-22,28H,6,8-16H2,1-5H3/t17-,19+,20-,21+,22+,24+,25+,26-/m1/s1. The van der Waals surface area contributed by atoms with Gasteiger partial charge in [-0.05, 0) is 105 Å². The number of hydrogen-bond donors (Lipinski definition) is 1. The number of ether oxygens (including phenoxy) is 1. The van der Waals surface area contributed by atoms with E-state index in [9.17, 15) is 9.90 Å². The Morgan fingerprint density at radius 3 is 2.66 bits per heavy atom. The molecule has 164 valence electrons. The van der Waals surface area contributed by atoms with Crippen LogP contribution in [0.3, 0.4) is 0 Å². The van der Waals surface area contributed by atoms with Crippen LogP contribution in [-0.4, -0.2) is 23.8 Å². The number of esters is 1. The average molecular weight is 403 g/mol. The molecule has 0 radical (unpaired) electrons. The molecule has 3 nitrogen and oxygen atoms in total. The normalized spacial score (nSPS) is 47.4. The van der Waals surface area contributed by atoms with Gasteiger partial charge in [0.15, 0.2) is 0 Å². The summed E-state index contributed by atoms with van der Waals surface area (Å²) in [7, 11) is 1.50. The average Bonchev–Trinajstić information content (AvgIpc) is 3.03. The predicted octanol–water partition coefficient (Wildman–Crippen LogP) is 5.91. The first-order valence-electron chi connectivity index (χ1n) is 12.1. The smallest absolute Gasteiger partial charge is 0.305 e. The van der Waals surface area contributed by atoms with Crippen LogP contribution in [0.25, 0.3) is 0 Å². The van der Waals surface area contributed by atoms with Crippen molar-refractivity contribution in [3.63, 3.8) is 0 Å². The summed E-state index contributed by atoms with van der Waals surface area (Å²) in [6.07, 6.45) is 13.6. The van der Waals surface area contributed by atoms with Gasteiger partial charge in [0.1, 0.15) is 0 Å². The van der Waals surface area contributed by atoms with Gasteiger partial charge in [-0.3, -0.25) is 4.79 Å². The summed E-state index contributed by atoms with van der Waals surface area (Å²) in [6.45, 7) is 9.48. The molecule has 8 atom stereocenters. The molecule has 0 saturated heterocycles. The number of carbonyl (C=O) groups is 1. The van der Waals surface area contributed by atoms with Crippen LogP contribution >= 0.6 is 0 Å². The molecule has 0 unspecified atom stereocenters. The van der Waals surface area contributed by atoms with Crippen molar-refractivity contribution in [2.75, 3.05) is 7.11 Å². The van der Waals surface area contributed by atoms with E-state index in [2.05, 4.69) is 26.8 Å². The van der Waals surface area contributed by atoms with E-state index in [-0.39, 0.29) is 5.97 Å². The van der Waals surface area contributed by atoms with Gasteiger partial charge in [-0.15, -0.1) is 0 Å². The highest BCUT2D eigenvalue weighted by molar-refractivity contribution is 5.69. The molecule has 1 N–H and O–H groups in total. The lowest BCUT2D eigenvalue weighted by molar-refractivity contribution is -0.141. The van der Waals surface area contributed by atoms with Crippen LogP contribution in [0, 0.1) is 40.4 Å². The maximum Gasteiger partial charge on any atom is 0.305 e. The minimum absolute atomic E-state index is 0.0636. The molecule has 0 aliphatic heterocycles. The summed E-state index contributed by atoms with van der Waals surface area (Å²) in [5, 5.41) is 10.6. The van der Waals surface area contributed by atoms with Crippen LogP contribution in [0.4, 0.5) is 0 Å². The Balaban J connectivity index is 1.52. The number of fused-ring (bicyclic) bond motifs is 5. The molecule has 4 aliphatic carbocycles. The highest BCUT2D eigenvalue weighted by Gasteiger charge is 2.59. The largest absolute Gasteiger partial charge is 0.469 e. The van der Waals surface area contributed by atoms with Crippen LogP contribution < -0.4 is 0 Å². The van der Waals surface area contributed by atoms with Gasteiger partial charge in [-0.1, -0.05) is 32.4 Å². The third-order valence-corrected chi connectivity index (χ3v) is 10.2. The molecule has 0 heterocycles. The molecule has 4 rings (SSSR count). The molecule has 0 bridgehead atoms. The number of allylic oxidation sites excluding steroid dienone is 1. The number of hydrogen-bond acceptors (Lipinski definition) is 3. The summed E-state index contributed by atoms with van der Waals surface area (Å²) in [4.78, 5) is 11.7. The number of aliphatic hydroxyl groups is 1. The molecular formula is C26H42O3. The van der Waals surface area contributed by atoms with E-state index in [1.54, 1.807) is 5.57 Å². The molecule has 0 amide bonds.